The molecule has 3 nitrogen and oxygen atoms in total. The molecule has 1 aromatic rings. The number of benzene rings is 1. The van der Waals surface area contributed by atoms with Crippen LogP contribution >= 0.6 is 12.6 Å². The van der Waals surface area contributed by atoms with E-state index < -0.39 is 5.82 Å². The number of ether oxygens (including phenoxy) is 1. The smallest absolute Gasteiger partial charge is 0.254 e. The molecule has 1 atom stereocenters. The van der Waals surface area contributed by atoms with Crippen LogP contribution in [0.5, 0.6) is 0 Å². The summed E-state index contributed by atoms with van der Waals surface area (Å²) < 4.78 is 18.3. The summed E-state index contributed by atoms with van der Waals surface area (Å²) in [5.41, 5.74) is 0.472. The highest BCUT2D eigenvalue weighted by Crippen LogP contribution is 2.35. The van der Waals surface area contributed by atoms with Gasteiger partial charge in [-0.2, -0.15) is 0 Å². The summed E-state index contributed by atoms with van der Waals surface area (Å²) in [5.74, 6) is 0.0760. The molecule has 5 heteroatoms. The molecule has 1 aromatic carbocycles. The molecule has 0 aliphatic heterocycles. The molecule has 1 amide bonds. The molecule has 0 aromatic heterocycles. The maximum atomic E-state index is 13.2. The minimum absolute atomic E-state index is 0.0863. The number of nitrogens with zero attached hydrogens (tertiary/aromatic N) is 1. The Labute approximate surface area is 124 Å². The standard InChI is InChI=1S/C15H20FNO2S/c1-10(11-3-4-11)17(7-8-19-2)15(18)12-5-6-13(16)14(20)9-12/h5-6,9-11,20H,3-4,7-8H2,1-2H3. The van der Waals surface area contributed by atoms with Crippen LogP contribution in [0.3, 0.4) is 0 Å². The average Bonchev–Trinajstić information content (AvgIpc) is 3.26. The van der Waals surface area contributed by atoms with Crippen LogP contribution in [0.2, 0.25) is 0 Å². The van der Waals surface area contributed by atoms with Gasteiger partial charge in [-0.1, -0.05) is 0 Å². The van der Waals surface area contributed by atoms with Gasteiger partial charge in [0.15, 0.2) is 0 Å². The quantitative estimate of drug-likeness (QED) is 0.818. The maximum Gasteiger partial charge on any atom is 0.254 e. The van der Waals surface area contributed by atoms with Gasteiger partial charge < -0.3 is 9.64 Å². The Bertz CT molecular complexity index is 491. The number of hydrogen-bond donors (Lipinski definition) is 1. The lowest BCUT2D eigenvalue weighted by Crippen LogP contribution is -2.42. The lowest BCUT2D eigenvalue weighted by atomic mass is 10.1. The van der Waals surface area contributed by atoms with Crippen molar-refractivity contribution in [2.24, 2.45) is 5.92 Å². The molecule has 110 valence electrons. The van der Waals surface area contributed by atoms with Crippen LogP contribution in [0.1, 0.15) is 30.1 Å². The molecule has 0 bridgehead atoms. The van der Waals surface area contributed by atoms with Gasteiger partial charge in [-0.3, -0.25) is 4.79 Å². The van der Waals surface area contributed by atoms with Crippen LogP contribution in [0.4, 0.5) is 4.39 Å². The van der Waals surface area contributed by atoms with E-state index in [4.69, 9.17) is 4.74 Å². The van der Waals surface area contributed by atoms with Crippen LogP contribution in [0, 0.1) is 11.7 Å². The first-order chi connectivity index (χ1) is 9.54. The molecule has 0 radical (unpaired) electrons. The summed E-state index contributed by atoms with van der Waals surface area (Å²) >= 11 is 4.04. The van der Waals surface area contributed by atoms with Crippen molar-refractivity contribution in [2.75, 3.05) is 20.3 Å². The van der Waals surface area contributed by atoms with Crippen molar-refractivity contribution in [1.29, 1.82) is 0 Å². The fraction of sp³-hybridized carbons (Fsp3) is 0.533. The van der Waals surface area contributed by atoms with Crippen molar-refractivity contribution in [3.63, 3.8) is 0 Å². The molecule has 0 heterocycles. The van der Waals surface area contributed by atoms with E-state index in [9.17, 15) is 9.18 Å². The Morgan fingerprint density at radius 1 is 1.55 bits per heavy atom. The lowest BCUT2D eigenvalue weighted by Gasteiger charge is -2.29. The number of methoxy groups -OCH3 is 1. The van der Waals surface area contributed by atoms with Gasteiger partial charge in [0.05, 0.1) is 6.61 Å². The summed E-state index contributed by atoms with van der Waals surface area (Å²) in [6, 6.07) is 4.47. The van der Waals surface area contributed by atoms with Gasteiger partial charge >= 0.3 is 0 Å². The van der Waals surface area contributed by atoms with E-state index in [-0.39, 0.29) is 16.8 Å². The Kier molecular flexibility index (Phi) is 5.05. The van der Waals surface area contributed by atoms with Gasteiger partial charge in [0.25, 0.3) is 5.91 Å². The second kappa shape index (κ2) is 6.59. The molecule has 1 unspecified atom stereocenters. The number of amides is 1. The van der Waals surface area contributed by atoms with E-state index in [1.165, 1.54) is 31.0 Å². The molecule has 2 rings (SSSR count). The molecule has 0 spiro atoms. The fourth-order valence-corrected chi connectivity index (χ4v) is 2.54. The average molecular weight is 297 g/mol. The van der Waals surface area contributed by atoms with E-state index in [1.54, 1.807) is 7.11 Å². The third kappa shape index (κ3) is 3.52. The largest absolute Gasteiger partial charge is 0.383 e. The van der Waals surface area contributed by atoms with Crippen molar-refractivity contribution < 1.29 is 13.9 Å². The number of carbonyl (C=O) groups excluding carboxylic acids is 1. The van der Waals surface area contributed by atoms with Gasteiger partial charge in [0.1, 0.15) is 5.82 Å². The number of halogens is 1. The van der Waals surface area contributed by atoms with Gasteiger partial charge in [-0.25, -0.2) is 4.39 Å². The Balaban J connectivity index is 2.17. The van der Waals surface area contributed by atoms with Crippen molar-refractivity contribution in [2.45, 2.75) is 30.7 Å². The zero-order valence-electron chi connectivity index (χ0n) is 11.8. The van der Waals surface area contributed by atoms with E-state index in [0.717, 1.165) is 0 Å². The molecule has 1 saturated carbocycles. The van der Waals surface area contributed by atoms with Crippen molar-refractivity contribution in [1.82, 2.24) is 4.90 Å². The van der Waals surface area contributed by atoms with Crippen molar-refractivity contribution in [3.8, 4) is 0 Å². The summed E-state index contributed by atoms with van der Waals surface area (Å²) in [5, 5.41) is 0. The van der Waals surface area contributed by atoms with Crippen LogP contribution in [-0.2, 0) is 4.74 Å². The van der Waals surface area contributed by atoms with Gasteiger partial charge in [0.2, 0.25) is 0 Å². The molecular formula is C15H20FNO2S. The number of hydrogen-bond acceptors (Lipinski definition) is 3. The first-order valence-electron chi connectivity index (χ1n) is 6.83. The van der Waals surface area contributed by atoms with Crippen LogP contribution in [-0.4, -0.2) is 37.1 Å². The van der Waals surface area contributed by atoms with Crippen LogP contribution in [0.15, 0.2) is 23.1 Å². The summed E-state index contributed by atoms with van der Waals surface area (Å²) in [6.07, 6.45) is 2.33. The molecule has 1 aliphatic carbocycles. The molecule has 1 fully saturated rings. The SMILES string of the molecule is COCCN(C(=O)c1ccc(F)c(S)c1)C(C)C1CC1. The Morgan fingerprint density at radius 2 is 2.25 bits per heavy atom. The van der Waals surface area contributed by atoms with Crippen LogP contribution in [0.25, 0.3) is 0 Å². The first kappa shape index (κ1) is 15.3. The molecule has 20 heavy (non-hydrogen) atoms. The van der Waals surface area contributed by atoms with Crippen LogP contribution < -0.4 is 0 Å². The number of thiol groups is 1. The highest BCUT2D eigenvalue weighted by molar-refractivity contribution is 7.80. The minimum atomic E-state index is -0.413. The zero-order chi connectivity index (χ0) is 14.7. The highest BCUT2D eigenvalue weighted by Gasteiger charge is 2.34. The molecule has 0 N–H and O–H groups in total. The van der Waals surface area contributed by atoms with Gasteiger partial charge in [-0.05, 0) is 43.9 Å². The first-order valence-corrected chi connectivity index (χ1v) is 7.27. The maximum absolute atomic E-state index is 13.2. The topological polar surface area (TPSA) is 29.5 Å². The molecule has 0 saturated heterocycles. The minimum Gasteiger partial charge on any atom is -0.383 e. The predicted molar refractivity (Wildman–Crippen MR) is 78.8 cm³/mol. The second-order valence-electron chi connectivity index (χ2n) is 5.24. The summed E-state index contributed by atoms with van der Waals surface area (Å²) in [4.78, 5) is 14.6. The lowest BCUT2D eigenvalue weighted by molar-refractivity contribution is 0.0594. The zero-order valence-corrected chi connectivity index (χ0v) is 12.7. The third-order valence-electron chi connectivity index (χ3n) is 3.79. The van der Waals surface area contributed by atoms with E-state index in [2.05, 4.69) is 19.6 Å². The number of rotatable bonds is 6. The molecule has 1 aliphatic rings. The normalized spacial score (nSPS) is 16.0. The monoisotopic (exact) mass is 297 g/mol. The van der Waals surface area contributed by atoms with E-state index >= 15 is 0 Å². The van der Waals surface area contributed by atoms with E-state index in [0.29, 0.717) is 24.6 Å². The number of carbonyl (C=O) groups is 1. The second-order valence-corrected chi connectivity index (χ2v) is 5.72. The van der Waals surface area contributed by atoms with Gasteiger partial charge in [-0.15, -0.1) is 12.6 Å². The third-order valence-corrected chi connectivity index (χ3v) is 4.13. The van der Waals surface area contributed by atoms with Gasteiger partial charge in [0, 0.05) is 30.2 Å². The highest BCUT2D eigenvalue weighted by atomic mass is 32.1. The predicted octanol–water partition coefficient (Wildman–Crippen LogP) is 3.00. The Hall–Kier alpha value is -1.07. The van der Waals surface area contributed by atoms with Crippen molar-refractivity contribution in [3.05, 3.63) is 29.6 Å². The van der Waals surface area contributed by atoms with E-state index in [1.807, 2.05) is 4.90 Å². The van der Waals surface area contributed by atoms with Crippen molar-refractivity contribution >= 4 is 18.5 Å². The summed E-state index contributed by atoms with van der Waals surface area (Å²) in [6.45, 7) is 3.11. The Morgan fingerprint density at radius 3 is 2.80 bits per heavy atom. The molecular weight excluding hydrogens is 277 g/mol. The summed E-state index contributed by atoms with van der Waals surface area (Å²) in [7, 11) is 1.62. The fourth-order valence-electron chi connectivity index (χ4n) is 2.32.